The summed E-state index contributed by atoms with van der Waals surface area (Å²) in [6, 6.07) is 11.8. The van der Waals surface area contributed by atoms with Gasteiger partial charge in [-0.25, -0.2) is 0 Å². The summed E-state index contributed by atoms with van der Waals surface area (Å²) in [5, 5.41) is 2.94. The number of amides is 1. The largest absolute Gasteiger partial charge is 0.494 e. The molecule has 2 atom stereocenters. The minimum absolute atomic E-state index is 0.0549. The van der Waals surface area contributed by atoms with Crippen LogP contribution in [0.2, 0.25) is 0 Å². The molecule has 4 nitrogen and oxygen atoms in total. The van der Waals surface area contributed by atoms with E-state index in [0.29, 0.717) is 12.5 Å². The van der Waals surface area contributed by atoms with Crippen LogP contribution >= 0.6 is 0 Å². The van der Waals surface area contributed by atoms with Gasteiger partial charge in [-0.1, -0.05) is 12.1 Å². The molecule has 0 saturated heterocycles. The third-order valence-electron chi connectivity index (χ3n) is 3.93. The molecule has 1 heterocycles. The lowest BCUT2D eigenvalue weighted by molar-refractivity contribution is -0.117. The molecular weight excluding hydrogens is 276 g/mol. The average molecular weight is 296 g/mol. The Morgan fingerprint density at radius 2 is 2.05 bits per heavy atom. The zero-order chi connectivity index (χ0) is 15.5. The molecule has 0 spiro atoms. The topological polar surface area (TPSA) is 51.2 Å². The highest BCUT2D eigenvalue weighted by atomic mass is 16.5. The number of nitrogens with zero attached hydrogens (tertiary/aromatic N) is 1. The van der Waals surface area contributed by atoms with Crippen molar-refractivity contribution in [3.63, 3.8) is 0 Å². The summed E-state index contributed by atoms with van der Waals surface area (Å²) in [5.41, 5.74) is 2.90. The maximum Gasteiger partial charge on any atom is 0.228 e. The van der Waals surface area contributed by atoms with E-state index in [1.54, 1.807) is 6.20 Å². The fourth-order valence-corrected chi connectivity index (χ4v) is 2.61. The van der Waals surface area contributed by atoms with Gasteiger partial charge in [0.2, 0.25) is 5.91 Å². The van der Waals surface area contributed by atoms with E-state index < -0.39 is 0 Å². The number of rotatable bonds is 5. The quantitative estimate of drug-likeness (QED) is 0.918. The fraction of sp³-hybridized carbons (Fsp3) is 0.333. The predicted molar refractivity (Wildman–Crippen MR) is 86.1 cm³/mol. The van der Waals surface area contributed by atoms with Crippen molar-refractivity contribution in [2.75, 3.05) is 11.9 Å². The van der Waals surface area contributed by atoms with Gasteiger partial charge in [-0.2, -0.15) is 0 Å². The summed E-state index contributed by atoms with van der Waals surface area (Å²) in [6.07, 6.45) is 2.60. The molecule has 2 aromatic rings. The van der Waals surface area contributed by atoms with Gasteiger partial charge in [-0.3, -0.25) is 9.78 Å². The molecule has 1 saturated carbocycles. The van der Waals surface area contributed by atoms with E-state index in [1.807, 2.05) is 38.1 Å². The lowest BCUT2D eigenvalue weighted by atomic mass is 10.1. The SMILES string of the molecule is CCOc1ccc(C2CC2C(=O)Nc2ccc(C)nc2)cc1. The lowest BCUT2D eigenvalue weighted by Crippen LogP contribution is -2.14. The van der Waals surface area contributed by atoms with E-state index in [4.69, 9.17) is 4.74 Å². The van der Waals surface area contributed by atoms with Gasteiger partial charge in [0.15, 0.2) is 0 Å². The van der Waals surface area contributed by atoms with Crippen LogP contribution in [0.5, 0.6) is 5.75 Å². The van der Waals surface area contributed by atoms with Crippen LogP contribution in [-0.4, -0.2) is 17.5 Å². The van der Waals surface area contributed by atoms with E-state index in [1.165, 1.54) is 5.56 Å². The van der Waals surface area contributed by atoms with Crippen molar-refractivity contribution in [3.05, 3.63) is 53.9 Å². The zero-order valence-electron chi connectivity index (χ0n) is 12.9. The molecule has 4 heteroatoms. The minimum Gasteiger partial charge on any atom is -0.494 e. The second kappa shape index (κ2) is 6.18. The number of hydrogen-bond donors (Lipinski definition) is 1. The second-order valence-corrected chi connectivity index (χ2v) is 5.63. The van der Waals surface area contributed by atoms with Gasteiger partial charge >= 0.3 is 0 Å². The van der Waals surface area contributed by atoms with E-state index in [0.717, 1.165) is 23.6 Å². The maximum absolute atomic E-state index is 12.2. The predicted octanol–water partition coefficient (Wildman–Crippen LogP) is 3.53. The Hall–Kier alpha value is -2.36. The molecule has 1 aromatic carbocycles. The van der Waals surface area contributed by atoms with Gasteiger partial charge in [-0.15, -0.1) is 0 Å². The highest BCUT2D eigenvalue weighted by Crippen LogP contribution is 2.48. The van der Waals surface area contributed by atoms with Crippen molar-refractivity contribution in [1.29, 1.82) is 0 Å². The van der Waals surface area contributed by atoms with Crippen molar-refractivity contribution in [2.24, 2.45) is 5.92 Å². The molecule has 1 aliphatic rings. The molecule has 2 unspecified atom stereocenters. The van der Waals surface area contributed by atoms with Crippen LogP contribution in [0, 0.1) is 12.8 Å². The number of anilines is 1. The number of ether oxygens (including phenoxy) is 1. The number of aryl methyl sites for hydroxylation is 1. The van der Waals surface area contributed by atoms with Gasteiger partial charge in [0, 0.05) is 11.6 Å². The van der Waals surface area contributed by atoms with Gasteiger partial charge in [0.1, 0.15) is 5.75 Å². The van der Waals surface area contributed by atoms with Crippen LogP contribution in [0.3, 0.4) is 0 Å². The van der Waals surface area contributed by atoms with E-state index in [2.05, 4.69) is 22.4 Å². The fourth-order valence-electron chi connectivity index (χ4n) is 2.61. The van der Waals surface area contributed by atoms with Crippen LogP contribution in [-0.2, 0) is 4.79 Å². The monoisotopic (exact) mass is 296 g/mol. The minimum atomic E-state index is 0.0549. The molecular formula is C18H20N2O2. The van der Waals surface area contributed by atoms with Crippen LogP contribution in [0.25, 0.3) is 0 Å². The second-order valence-electron chi connectivity index (χ2n) is 5.63. The third kappa shape index (κ3) is 3.27. The Morgan fingerprint density at radius 3 is 2.68 bits per heavy atom. The first-order valence-corrected chi connectivity index (χ1v) is 7.63. The van der Waals surface area contributed by atoms with Crippen molar-refractivity contribution in [3.8, 4) is 5.75 Å². The van der Waals surface area contributed by atoms with Gasteiger partial charge in [0.05, 0.1) is 18.5 Å². The summed E-state index contributed by atoms with van der Waals surface area (Å²) in [7, 11) is 0. The Balaban J connectivity index is 1.59. The molecule has 0 aliphatic heterocycles. The van der Waals surface area contributed by atoms with Crippen LogP contribution in [0.4, 0.5) is 5.69 Å². The third-order valence-corrected chi connectivity index (χ3v) is 3.93. The van der Waals surface area contributed by atoms with Crippen molar-refractivity contribution >= 4 is 11.6 Å². The summed E-state index contributed by atoms with van der Waals surface area (Å²) in [4.78, 5) is 16.4. The van der Waals surface area contributed by atoms with Crippen LogP contribution in [0.1, 0.15) is 30.5 Å². The van der Waals surface area contributed by atoms with Gasteiger partial charge < -0.3 is 10.1 Å². The lowest BCUT2D eigenvalue weighted by Gasteiger charge is -2.06. The number of carbonyl (C=O) groups excluding carboxylic acids is 1. The van der Waals surface area contributed by atoms with Crippen LogP contribution in [0.15, 0.2) is 42.6 Å². The Bertz CT molecular complexity index is 650. The van der Waals surface area contributed by atoms with E-state index in [-0.39, 0.29) is 11.8 Å². The molecule has 22 heavy (non-hydrogen) atoms. The summed E-state index contributed by atoms with van der Waals surface area (Å²) in [5.74, 6) is 1.32. The molecule has 1 N–H and O–H groups in total. The Labute approximate surface area is 130 Å². The summed E-state index contributed by atoms with van der Waals surface area (Å²) in [6.45, 7) is 4.56. The Kier molecular flexibility index (Phi) is 4.09. The van der Waals surface area contributed by atoms with Crippen LogP contribution < -0.4 is 10.1 Å². The summed E-state index contributed by atoms with van der Waals surface area (Å²) < 4.78 is 5.44. The molecule has 0 radical (unpaired) electrons. The molecule has 3 rings (SSSR count). The van der Waals surface area contributed by atoms with E-state index >= 15 is 0 Å². The first-order valence-electron chi connectivity index (χ1n) is 7.63. The number of aromatic nitrogens is 1. The number of benzene rings is 1. The molecule has 1 aromatic heterocycles. The Morgan fingerprint density at radius 1 is 1.27 bits per heavy atom. The molecule has 1 amide bonds. The van der Waals surface area contributed by atoms with Gasteiger partial charge in [0.25, 0.3) is 0 Å². The highest BCUT2D eigenvalue weighted by molar-refractivity contribution is 5.95. The molecule has 0 bridgehead atoms. The molecule has 114 valence electrons. The standard InChI is InChI=1S/C18H20N2O2/c1-3-22-15-8-5-13(6-9-15)16-10-17(16)18(21)20-14-7-4-12(2)19-11-14/h4-9,11,16-17H,3,10H2,1-2H3,(H,20,21). The maximum atomic E-state index is 12.2. The van der Waals surface area contributed by atoms with E-state index in [9.17, 15) is 4.79 Å². The first kappa shape index (κ1) is 14.6. The zero-order valence-corrected chi connectivity index (χ0v) is 12.9. The van der Waals surface area contributed by atoms with Crippen molar-refractivity contribution in [1.82, 2.24) is 4.98 Å². The number of pyridine rings is 1. The van der Waals surface area contributed by atoms with Crippen molar-refractivity contribution < 1.29 is 9.53 Å². The van der Waals surface area contributed by atoms with Crippen molar-refractivity contribution in [2.45, 2.75) is 26.2 Å². The normalized spacial score (nSPS) is 19.5. The van der Waals surface area contributed by atoms with Gasteiger partial charge in [-0.05, 0) is 56.0 Å². The summed E-state index contributed by atoms with van der Waals surface area (Å²) >= 11 is 0. The average Bonchev–Trinajstić information content (AvgIpc) is 3.31. The number of carbonyl (C=O) groups is 1. The smallest absolute Gasteiger partial charge is 0.228 e. The number of hydrogen-bond acceptors (Lipinski definition) is 3. The highest BCUT2D eigenvalue weighted by Gasteiger charge is 2.43. The number of nitrogens with one attached hydrogen (secondary N) is 1. The molecule has 1 fully saturated rings. The molecule has 1 aliphatic carbocycles. The first-order chi connectivity index (χ1) is 10.7.